The monoisotopic (exact) mass is 461 g/mol. The largest absolute Gasteiger partial charge is 0.379 e. The van der Waals surface area contributed by atoms with Crippen LogP contribution in [0.2, 0.25) is 0 Å². The van der Waals surface area contributed by atoms with Crippen LogP contribution in [0.15, 0.2) is 54.9 Å². The molecule has 7 nitrogen and oxygen atoms in total. The van der Waals surface area contributed by atoms with Gasteiger partial charge in [0.25, 0.3) is 5.91 Å². The van der Waals surface area contributed by atoms with Crippen molar-refractivity contribution in [1.82, 2.24) is 19.7 Å². The number of allylic oxidation sites excluding steroid dienone is 1. The average Bonchev–Trinajstić information content (AvgIpc) is 3.27. The Hall–Kier alpha value is -3.36. The van der Waals surface area contributed by atoms with Crippen LogP contribution in [0.25, 0.3) is 11.3 Å². The molecule has 1 aliphatic heterocycles. The summed E-state index contributed by atoms with van der Waals surface area (Å²) >= 11 is 0. The van der Waals surface area contributed by atoms with Crippen molar-refractivity contribution >= 4 is 17.2 Å². The van der Waals surface area contributed by atoms with Crippen molar-refractivity contribution in [2.45, 2.75) is 32.2 Å². The quantitative estimate of drug-likeness (QED) is 0.616. The molecule has 1 aromatic carbocycles. The molecule has 5 rings (SSSR count). The Labute approximate surface area is 198 Å². The second-order valence-corrected chi connectivity index (χ2v) is 8.72. The predicted octanol–water partition coefficient (Wildman–Crippen LogP) is 4.24. The molecule has 0 radical (unpaired) electrons. The van der Waals surface area contributed by atoms with Crippen molar-refractivity contribution < 1.29 is 13.9 Å². The van der Waals surface area contributed by atoms with Crippen molar-refractivity contribution in [3.8, 4) is 5.69 Å². The Morgan fingerprint density at radius 2 is 1.91 bits per heavy atom. The van der Waals surface area contributed by atoms with Crippen molar-refractivity contribution in [1.29, 1.82) is 0 Å². The van der Waals surface area contributed by atoms with Crippen molar-refractivity contribution in [3.05, 3.63) is 77.6 Å². The van der Waals surface area contributed by atoms with Crippen LogP contribution in [0, 0.1) is 12.7 Å². The van der Waals surface area contributed by atoms with E-state index in [0.29, 0.717) is 28.7 Å². The summed E-state index contributed by atoms with van der Waals surface area (Å²) in [5.74, 6) is -0.575. The van der Waals surface area contributed by atoms with E-state index in [4.69, 9.17) is 4.74 Å². The number of anilines is 1. The van der Waals surface area contributed by atoms with E-state index in [9.17, 15) is 9.18 Å². The summed E-state index contributed by atoms with van der Waals surface area (Å²) in [7, 11) is 0. The number of ether oxygens (including phenoxy) is 1. The fourth-order valence-corrected chi connectivity index (χ4v) is 4.66. The molecule has 1 N–H and O–H groups in total. The lowest BCUT2D eigenvalue weighted by Gasteiger charge is -2.36. The molecule has 0 spiro atoms. The van der Waals surface area contributed by atoms with Gasteiger partial charge in [-0.1, -0.05) is 6.08 Å². The first-order chi connectivity index (χ1) is 16.6. The minimum Gasteiger partial charge on any atom is -0.379 e. The molecule has 3 heterocycles. The number of morpholine rings is 1. The van der Waals surface area contributed by atoms with Crippen LogP contribution >= 0.6 is 0 Å². The molecule has 1 amide bonds. The van der Waals surface area contributed by atoms with Crippen LogP contribution in [0.5, 0.6) is 0 Å². The molecule has 176 valence electrons. The van der Waals surface area contributed by atoms with Gasteiger partial charge in [0.2, 0.25) is 0 Å². The van der Waals surface area contributed by atoms with Crippen LogP contribution in [0.4, 0.5) is 10.1 Å². The van der Waals surface area contributed by atoms with Crippen LogP contribution < -0.4 is 5.32 Å². The maximum atomic E-state index is 13.2. The molecule has 1 aliphatic carbocycles. The lowest BCUT2D eigenvalue weighted by molar-refractivity contribution is 0.0150. The zero-order chi connectivity index (χ0) is 23.5. The van der Waals surface area contributed by atoms with Crippen molar-refractivity contribution in [2.24, 2.45) is 0 Å². The van der Waals surface area contributed by atoms with E-state index in [2.05, 4.69) is 26.4 Å². The van der Waals surface area contributed by atoms with Crippen LogP contribution in [0.1, 0.15) is 41.0 Å². The summed E-state index contributed by atoms with van der Waals surface area (Å²) in [4.78, 5) is 20.0. The number of carbonyl (C=O) groups is 1. The topological polar surface area (TPSA) is 72.3 Å². The van der Waals surface area contributed by atoms with Gasteiger partial charge in [0.1, 0.15) is 5.82 Å². The molecule has 0 bridgehead atoms. The minimum absolute atomic E-state index is 0.259. The van der Waals surface area contributed by atoms with E-state index in [1.807, 2.05) is 19.1 Å². The van der Waals surface area contributed by atoms with Gasteiger partial charge in [0, 0.05) is 19.1 Å². The average molecular weight is 462 g/mol. The third kappa shape index (κ3) is 4.78. The zero-order valence-electron chi connectivity index (χ0n) is 19.2. The number of hydrogen-bond donors (Lipinski definition) is 1. The highest BCUT2D eigenvalue weighted by Crippen LogP contribution is 2.29. The molecule has 1 fully saturated rings. The lowest BCUT2D eigenvalue weighted by Crippen LogP contribution is -2.43. The summed E-state index contributed by atoms with van der Waals surface area (Å²) in [6.07, 6.45) is 8.69. The van der Waals surface area contributed by atoms with Crippen molar-refractivity contribution in [2.75, 3.05) is 31.6 Å². The van der Waals surface area contributed by atoms with Gasteiger partial charge in [0.15, 0.2) is 0 Å². The normalized spacial score (nSPS) is 19.0. The Morgan fingerprint density at radius 1 is 1.12 bits per heavy atom. The first-order valence-electron chi connectivity index (χ1n) is 11.7. The number of benzene rings is 1. The number of amides is 1. The van der Waals surface area contributed by atoms with Gasteiger partial charge in [-0.3, -0.25) is 14.7 Å². The number of pyridine rings is 1. The Bertz CT molecular complexity index is 1180. The second kappa shape index (κ2) is 9.87. The lowest BCUT2D eigenvalue weighted by atomic mass is 9.92. The van der Waals surface area contributed by atoms with Gasteiger partial charge < -0.3 is 10.1 Å². The fourth-order valence-electron chi connectivity index (χ4n) is 4.66. The summed E-state index contributed by atoms with van der Waals surface area (Å²) in [6.45, 7) is 5.50. The van der Waals surface area contributed by atoms with E-state index in [1.165, 1.54) is 23.9 Å². The molecule has 8 heteroatoms. The first kappa shape index (κ1) is 22.4. The second-order valence-electron chi connectivity index (χ2n) is 8.72. The maximum absolute atomic E-state index is 13.2. The molecule has 1 unspecified atom stereocenters. The van der Waals surface area contributed by atoms with Crippen molar-refractivity contribution in [3.63, 3.8) is 0 Å². The third-order valence-electron chi connectivity index (χ3n) is 6.62. The number of rotatable bonds is 5. The van der Waals surface area contributed by atoms with E-state index in [1.54, 1.807) is 23.0 Å². The number of nitrogens with one attached hydrogen (secondary N) is 1. The number of aromatic nitrogens is 3. The third-order valence-corrected chi connectivity index (χ3v) is 6.62. The van der Waals surface area contributed by atoms with Gasteiger partial charge in [0.05, 0.1) is 53.9 Å². The summed E-state index contributed by atoms with van der Waals surface area (Å²) < 4.78 is 20.3. The van der Waals surface area contributed by atoms with Crippen LogP contribution in [-0.2, 0) is 4.74 Å². The summed E-state index contributed by atoms with van der Waals surface area (Å²) in [5, 5.41) is 7.19. The number of halogens is 1. The summed E-state index contributed by atoms with van der Waals surface area (Å²) in [6, 6.07) is 10.4. The Kier molecular flexibility index (Phi) is 6.51. The minimum atomic E-state index is -0.316. The van der Waals surface area contributed by atoms with E-state index < -0.39 is 0 Å². The predicted molar refractivity (Wildman–Crippen MR) is 128 cm³/mol. The van der Waals surface area contributed by atoms with Gasteiger partial charge in [-0.2, -0.15) is 5.10 Å². The van der Waals surface area contributed by atoms with E-state index in [0.717, 1.165) is 51.3 Å². The zero-order valence-corrected chi connectivity index (χ0v) is 19.2. The van der Waals surface area contributed by atoms with E-state index >= 15 is 0 Å². The first-order valence-corrected chi connectivity index (χ1v) is 11.7. The smallest absolute Gasteiger partial charge is 0.259 e. The molecule has 2 aliphatic rings. The van der Waals surface area contributed by atoms with Crippen LogP contribution in [0.3, 0.4) is 0 Å². The summed E-state index contributed by atoms with van der Waals surface area (Å²) in [5.41, 5.74) is 4.68. The molecule has 3 aromatic rings. The highest BCUT2D eigenvalue weighted by atomic mass is 19.1. The number of carbonyl (C=O) groups excluding carboxylic acids is 1. The standard InChI is InChI=1S/C26H28FN5O2/c1-18-24(17-29-32(18)23-9-4-20(27)5-10-23)26(33)30-21-6-11-25(28-16-21)19-2-7-22(8-3-19)31-12-14-34-15-13-31/h2,4-6,9-11,16-17,22H,3,7-8,12-15H2,1H3,(H,30,33). The van der Waals surface area contributed by atoms with Gasteiger partial charge in [-0.25, -0.2) is 9.07 Å². The molecule has 34 heavy (non-hydrogen) atoms. The highest BCUT2D eigenvalue weighted by Gasteiger charge is 2.24. The molecular formula is C26H28FN5O2. The Balaban J connectivity index is 1.22. The number of nitrogens with zero attached hydrogens (tertiary/aromatic N) is 4. The fraction of sp³-hybridized carbons (Fsp3) is 0.346. The number of hydrogen-bond acceptors (Lipinski definition) is 5. The van der Waals surface area contributed by atoms with E-state index in [-0.39, 0.29) is 11.7 Å². The van der Waals surface area contributed by atoms with Gasteiger partial charge in [-0.15, -0.1) is 0 Å². The molecule has 2 aromatic heterocycles. The SMILES string of the molecule is Cc1c(C(=O)Nc2ccc(C3=CCC(N4CCOCC4)CC3)nc2)cnn1-c1ccc(F)cc1. The Morgan fingerprint density at radius 3 is 2.59 bits per heavy atom. The highest BCUT2D eigenvalue weighted by molar-refractivity contribution is 6.04. The van der Waals surface area contributed by atoms with Gasteiger partial charge >= 0.3 is 0 Å². The molecular weight excluding hydrogens is 433 g/mol. The molecule has 1 atom stereocenters. The molecule has 1 saturated heterocycles. The van der Waals surface area contributed by atoms with Crippen LogP contribution in [-0.4, -0.2) is 57.9 Å². The molecule has 0 saturated carbocycles. The maximum Gasteiger partial charge on any atom is 0.259 e. The van der Waals surface area contributed by atoms with Gasteiger partial charge in [-0.05, 0) is 68.2 Å².